The fourth-order valence-corrected chi connectivity index (χ4v) is 1.50. The van der Waals surface area contributed by atoms with Crippen molar-refractivity contribution in [1.29, 1.82) is 0 Å². The topological polar surface area (TPSA) is 38.7 Å². The third kappa shape index (κ3) is 5.71. The maximum absolute atomic E-state index is 8.93. The highest BCUT2D eigenvalue weighted by Crippen LogP contribution is 2.18. The molecule has 1 rings (SSSR count). The van der Waals surface area contributed by atoms with Crippen molar-refractivity contribution < 1.29 is 14.6 Å². The normalized spacial score (nSPS) is 10.8. The van der Waals surface area contributed by atoms with Crippen LogP contribution in [-0.4, -0.2) is 31.5 Å². The van der Waals surface area contributed by atoms with Gasteiger partial charge in [0.2, 0.25) is 0 Å². The second kappa shape index (κ2) is 8.09. The van der Waals surface area contributed by atoms with Gasteiger partial charge in [-0.05, 0) is 24.0 Å². The molecule has 1 N–H and O–H groups in total. The van der Waals surface area contributed by atoms with E-state index in [1.54, 1.807) is 0 Å². The van der Waals surface area contributed by atoms with Gasteiger partial charge in [-0.3, -0.25) is 0 Å². The molecule has 17 heavy (non-hydrogen) atoms. The first-order valence-corrected chi connectivity index (χ1v) is 6.13. The highest BCUT2D eigenvalue weighted by atomic mass is 16.5. The molecule has 0 saturated heterocycles. The average molecular weight is 238 g/mol. The molecule has 0 aliphatic rings. The third-order valence-corrected chi connectivity index (χ3v) is 2.29. The molecular weight excluding hydrogens is 216 g/mol. The Morgan fingerprint density at radius 2 is 1.94 bits per heavy atom. The molecule has 0 saturated carbocycles. The summed E-state index contributed by atoms with van der Waals surface area (Å²) in [6.45, 7) is 6.31. The van der Waals surface area contributed by atoms with Crippen LogP contribution in [0.25, 0.3) is 0 Å². The average Bonchev–Trinajstić information content (AvgIpc) is 2.31. The summed E-state index contributed by atoms with van der Waals surface area (Å²) in [6.07, 6.45) is 0.628. The molecule has 1 aromatic carbocycles. The van der Waals surface area contributed by atoms with Gasteiger partial charge in [-0.2, -0.15) is 0 Å². The molecule has 0 radical (unpaired) electrons. The molecule has 96 valence electrons. The number of ether oxygens (including phenoxy) is 2. The number of hydrogen-bond donors (Lipinski definition) is 1. The van der Waals surface area contributed by atoms with Crippen LogP contribution in [0.3, 0.4) is 0 Å². The van der Waals surface area contributed by atoms with E-state index in [0.717, 1.165) is 17.9 Å². The van der Waals surface area contributed by atoms with E-state index in [0.29, 0.717) is 25.6 Å². The van der Waals surface area contributed by atoms with Crippen molar-refractivity contribution >= 4 is 0 Å². The number of aliphatic hydroxyl groups is 1. The fourth-order valence-electron chi connectivity index (χ4n) is 1.50. The maximum Gasteiger partial charge on any atom is 0.122 e. The zero-order valence-corrected chi connectivity index (χ0v) is 10.7. The Bertz CT molecular complexity index is 310. The second-order valence-electron chi connectivity index (χ2n) is 4.40. The number of rotatable bonds is 8. The summed E-state index contributed by atoms with van der Waals surface area (Å²) in [5.74, 6) is 1.39. The second-order valence-corrected chi connectivity index (χ2v) is 4.40. The molecule has 0 bridgehead atoms. The minimum atomic E-state index is 0.143. The van der Waals surface area contributed by atoms with Gasteiger partial charge in [0, 0.05) is 13.2 Å². The smallest absolute Gasteiger partial charge is 0.122 e. The van der Waals surface area contributed by atoms with E-state index in [9.17, 15) is 0 Å². The van der Waals surface area contributed by atoms with Gasteiger partial charge in [0.1, 0.15) is 12.4 Å². The van der Waals surface area contributed by atoms with Crippen LogP contribution in [0, 0.1) is 5.92 Å². The lowest BCUT2D eigenvalue weighted by Gasteiger charge is -2.11. The van der Waals surface area contributed by atoms with Crippen molar-refractivity contribution in [3.05, 3.63) is 29.8 Å². The molecule has 0 atom stereocenters. The molecule has 0 aromatic heterocycles. The molecule has 0 spiro atoms. The summed E-state index contributed by atoms with van der Waals surface area (Å²) < 4.78 is 11.1. The minimum absolute atomic E-state index is 0.143. The van der Waals surface area contributed by atoms with Crippen LogP contribution >= 0.6 is 0 Å². The van der Waals surface area contributed by atoms with Gasteiger partial charge >= 0.3 is 0 Å². The van der Waals surface area contributed by atoms with E-state index >= 15 is 0 Å². The van der Waals surface area contributed by atoms with Gasteiger partial charge in [-0.25, -0.2) is 0 Å². The predicted molar refractivity (Wildman–Crippen MR) is 68.4 cm³/mol. The highest BCUT2D eigenvalue weighted by Gasteiger charge is 2.02. The van der Waals surface area contributed by atoms with Gasteiger partial charge in [0.05, 0.1) is 6.61 Å². The molecule has 3 heteroatoms. The molecular formula is C14H22O3. The van der Waals surface area contributed by atoms with Crippen molar-refractivity contribution in [2.24, 2.45) is 5.92 Å². The summed E-state index contributed by atoms with van der Waals surface area (Å²) >= 11 is 0. The zero-order valence-electron chi connectivity index (χ0n) is 10.7. The molecule has 1 aromatic rings. The Labute approximate surface area is 103 Å². The predicted octanol–water partition coefficient (Wildman–Crippen LogP) is 2.27. The summed E-state index contributed by atoms with van der Waals surface area (Å²) in [4.78, 5) is 0. The number of para-hydroxylation sites is 1. The van der Waals surface area contributed by atoms with E-state index in [1.807, 2.05) is 24.3 Å². The molecule has 3 nitrogen and oxygen atoms in total. The Morgan fingerprint density at radius 1 is 1.18 bits per heavy atom. The lowest BCUT2D eigenvalue weighted by molar-refractivity contribution is 0.0815. The fraction of sp³-hybridized carbons (Fsp3) is 0.571. The SMILES string of the molecule is CC(C)COCCOc1ccccc1CCO. The Balaban J connectivity index is 2.30. The minimum Gasteiger partial charge on any atom is -0.491 e. The number of aliphatic hydroxyl groups excluding tert-OH is 1. The lowest BCUT2D eigenvalue weighted by Crippen LogP contribution is -2.11. The van der Waals surface area contributed by atoms with Gasteiger partial charge in [-0.15, -0.1) is 0 Å². The van der Waals surface area contributed by atoms with E-state index in [4.69, 9.17) is 14.6 Å². The standard InChI is InChI=1S/C14H22O3/c1-12(2)11-16-9-10-17-14-6-4-3-5-13(14)7-8-15/h3-6,12,15H,7-11H2,1-2H3. The lowest BCUT2D eigenvalue weighted by atomic mass is 10.1. The molecule has 0 heterocycles. The summed E-state index contributed by atoms with van der Waals surface area (Å²) in [5, 5.41) is 8.93. The summed E-state index contributed by atoms with van der Waals surface area (Å²) in [6, 6.07) is 7.78. The third-order valence-electron chi connectivity index (χ3n) is 2.29. The molecule has 0 fully saturated rings. The summed E-state index contributed by atoms with van der Waals surface area (Å²) in [7, 11) is 0. The Kier molecular flexibility index (Phi) is 6.67. The zero-order chi connectivity index (χ0) is 12.5. The van der Waals surface area contributed by atoms with Gasteiger partial charge in [0.25, 0.3) is 0 Å². The Morgan fingerprint density at radius 3 is 2.65 bits per heavy atom. The Hall–Kier alpha value is -1.06. The first-order valence-electron chi connectivity index (χ1n) is 6.13. The first kappa shape index (κ1) is 14.0. The van der Waals surface area contributed by atoms with Crippen LogP contribution in [0.4, 0.5) is 0 Å². The van der Waals surface area contributed by atoms with Crippen molar-refractivity contribution in [2.45, 2.75) is 20.3 Å². The number of benzene rings is 1. The van der Waals surface area contributed by atoms with Gasteiger partial charge < -0.3 is 14.6 Å². The molecule has 0 aliphatic heterocycles. The van der Waals surface area contributed by atoms with Crippen LogP contribution in [-0.2, 0) is 11.2 Å². The van der Waals surface area contributed by atoms with Crippen LogP contribution < -0.4 is 4.74 Å². The van der Waals surface area contributed by atoms with Gasteiger partial charge in [-0.1, -0.05) is 32.0 Å². The molecule has 0 unspecified atom stereocenters. The van der Waals surface area contributed by atoms with Crippen LogP contribution in [0.1, 0.15) is 19.4 Å². The van der Waals surface area contributed by atoms with Crippen molar-refractivity contribution in [3.63, 3.8) is 0 Å². The van der Waals surface area contributed by atoms with E-state index in [1.165, 1.54) is 0 Å². The number of hydrogen-bond acceptors (Lipinski definition) is 3. The van der Waals surface area contributed by atoms with Crippen molar-refractivity contribution in [1.82, 2.24) is 0 Å². The monoisotopic (exact) mass is 238 g/mol. The largest absolute Gasteiger partial charge is 0.491 e. The van der Waals surface area contributed by atoms with Crippen molar-refractivity contribution in [3.8, 4) is 5.75 Å². The van der Waals surface area contributed by atoms with E-state index < -0.39 is 0 Å². The van der Waals surface area contributed by atoms with Crippen LogP contribution in [0.2, 0.25) is 0 Å². The van der Waals surface area contributed by atoms with E-state index in [2.05, 4.69) is 13.8 Å². The van der Waals surface area contributed by atoms with Gasteiger partial charge in [0.15, 0.2) is 0 Å². The van der Waals surface area contributed by atoms with Crippen molar-refractivity contribution in [2.75, 3.05) is 26.4 Å². The highest BCUT2D eigenvalue weighted by molar-refractivity contribution is 5.33. The summed E-state index contributed by atoms with van der Waals surface area (Å²) in [5.41, 5.74) is 1.04. The van der Waals surface area contributed by atoms with Crippen LogP contribution in [0.15, 0.2) is 24.3 Å². The molecule has 0 aliphatic carbocycles. The first-order chi connectivity index (χ1) is 8.24. The van der Waals surface area contributed by atoms with E-state index in [-0.39, 0.29) is 6.61 Å². The maximum atomic E-state index is 8.93. The van der Waals surface area contributed by atoms with Crippen LogP contribution in [0.5, 0.6) is 5.75 Å². The quantitative estimate of drug-likeness (QED) is 0.706. The molecule has 0 amide bonds.